The van der Waals surface area contributed by atoms with Gasteiger partial charge in [0.05, 0.1) is 11.4 Å². The van der Waals surface area contributed by atoms with E-state index in [1.807, 2.05) is 68.4 Å². The predicted molar refractivity (Wildman–Crippen MR) is 128 cm³/mol. The Balaban J connectivity index is 1.65. The van der Waals surface area contributed by atoms with Gasteiger partial charge in [-0.1, -0.05) is 49.4 Å². The van der Waals surface area contributed by atoms with Crippen LogP contribution in [0.15, 0.2) is 78.9 Å². The zero-order chi connectivity index (χ0) is 23.2. The SMILES string of the molecule is CCc1nn(-c2ccccc2)c(Oc2ccccc2F)c1CCC(=O)Nc1cccc(C)c1. The average Bonchev–Trinajstić information content (AvgIpc) is 3.17. The van der Waals surface area contributed by atoms with Crippen molar-refractivity contribution >= 4 is 11.6 Å². The number of para-hydroxylation sites is 2. The van der Waals surface area contributed by atoms with Crippen LogP contribution in [0, 0.1) is 12.7 Å². The Hall–Kier alpha value is -3.93. The molecule has 6 heteroatoms. The molecule has 0 unspecified atom stereocenters. The van der Waals surface area contributed by atoms with E-state index in [1.165, 1.54) is 6.07 Å². The van der Waals surface area contributed by atoms with Gasteiger partial charge in [-0.15, -0.1) is 0 Å². The fourth-order valence-corrected chi connectivity index (χ4v) is 3.68. The molecule has 0 aliphatic heterocycles. The van der Waals surface area contributed by atoms with Gasteiger partial charge in [0.25, 0.3) is 0 Å². The highest BCUT2D eigenvalue weighted by Gasteiger charge is 2.22. The molecule has 0 bridgehead atoms. The molecule has 0 radical (unpaired) electrons. The number of nitrogens with one attached hydrogen (secondary N) is 1. The van der Waals surface area contributed by atoms with Crippen LogP contribution in [0.5, 0.6) is 11.6 Å². The predicted octanol–water partition coefficient (Wildman–Crippen LogP) is 6.25. The molecular formula is C27H26FN3O2. The molecule has 33 heavy (non-hydrogen) atoms. The first-order valence-electron chi connectivity index (χ1n) is 11.0. The number of nitrogens with zero attached hydrogens (tertiary/aromatic N) is 2. The quantitative estimate of drug-likeness (QED) is 0.350. The number of carbonyl (C=O) groups excluding carboxylic acids is 1. The molecule has 0 atom stereocenters. The minimum absolute atomic E-state index is 0.105. The smallest absolute Gasteiger partial charge is 0.226 e. The Morgan fingerprint density at radius 3 is 2.52 bits per heavy atom. The number of amides is 1. The van der Waals surface area contributed by atoms with E-state index in [-0.39, 0.29) is 18.1 Å². The van der Waals surface area contributed by atoms with E-state index < -0.39 is 5.82 Å². The first-order chi connectivity index (χ1) is 16.0. The summed E-state index contributed by atoms with van der Waals surface area (Å²) in [5.74, 6) is -0.0272. The van der Waals surface area contributed by atoms with Crippen molar-refractivity contribution in [1.82, 2.24) is 9.78 Å². The normalized spacial score (nSPS) is 10.8. The van der Waals surface area contributed by atoms with Crippen molar-refractivity contribution in [3.05, 3.63) is 102 Å². The number of halogens is 1. The maximum atomic E-state index is 14.4. The van der Waals surface area contributed by atoms with E-state index in [2.05, 4.69) is 5.32 Å². The molecule has 0 saturated carbocycles. The highest BCUT2D eigenvalue weighted by atomic mass is 19.1. The molecular weight excluding hydrogens is 417 g/mol. The maximum absolute atomic E-state index is 14.4. The Morgan fingerprint density at radius 2 is 1.79 bits per heavy atom. The van der Waals surface area contributed by atoms with Gasteiger partial charge < -0.3 is 10.1 Å². The highest BCUT2D eigenvalue weighted by Crippen LogP contribution is 2.33. The highest BCUT2D eigenvalue weighted by molar-refractivity contribution is 5.90. The lowest BCUT2D eigenvalue weighted by molar-refractivity contribution is -0.116. The third-order valence-electron chi connectivity index (χ3n) is 5.30. The molecule has 0 saturated heterocycles. The van der Waals surface area contributed by atoms with Crippen molar-refractivity contribution < 1.29 is 13.9 Å². The Morgan fingerprint density at radius 1 is 1.03 bits per heavy atom. The van der Waals surface area contributed by atoms with Crippen molar-refractivity contribution in [1.29, 1.82) is 0 Å². The van der Waals surface area contributed by atoms with Crippen molar-refractivity contribution in [2.75, 3.05) is 5.32 Å². The van der Waals surface area contributed by atoms with Gasteiger partial charge in [-0.3, -0.25) is 4.79 Å². The lowest BCUT2D eigenvalue weighted by atomic mass is 10.1. The number of anilines is 1. The van der Waals surface area contributed by atoms with Gasteiger partial charge in [-0.05, 0) is 61.7 Å². The summed E-state index contributed by atoms with van der Waals surface area (Å²) < 4.78 is 22.1. The number of rotatable bonds is 8. The number of hydrogen-bond acceptors (Lipinski definition) is 3. The third-order valence-corrected chi connectivity index (χ3v) is 5.30. The Bertz CT molecular complexity index is 1250. The largest absolute Gasteiger partial charge is 0.436 e. The van der Waals surface area contributed by atoms with Gasteiger partial charge in [-0.2, -0.15) is 5.10 Å². The molecule has 1 N–H and O–H groups in total. The van der Waals surface area contributed by atoms with Gasteiger partial charge >= 0.3 is 0 Å². The molecule has 1 amide bonds. The molecule has 4 rings (SSSR count). The fourth-order valence-electron chi connectivity index (χ4n) is 3.68. The second-order valence-corrected chi connectivity index (χ2v) is 7.78. The monoisotopic (exact) mass is 443 g/mol. The van der Waals surface area contributed by atoms with Crippen LogP contribution in [-0.4, -0.2) is 15.7 Å². The summed E-state index contributed by atoms with van der Waals surface area (Å²) in [6.07, 6.45) is 1.31. The summed E-state index contributed by atoms with van der Waals surface area (Å²) in [4.78, 5) is 12.7. The number of aromatic nitrogens is 2. The molecule has 168 valence electrons. The van der Waals surface area contributed by atoms with Crippen molar-refractivity contribution in [3.8, 4) is 17.3 Å². The molecule has 0 aliphatic rings. The number of carbonyl (C=O) groups is 1. The van der Waals surface area contributed by atoms with E-state index in [0.29, 0.717) is 18.7 Å². The van der Waals surface area contributed by atoms with E-state index in [4.69, 9.17) is 9.84 Å². The van der Waals surface area contributed by atoms with Crippen molar-refractivity contribution in [2.24, 2.45) is 0 Å². The van der Waals surface area contributed by atoms with Gasteiger partial charge in [0, 0.05) is 17.7 Å². The first-order valence-corrected chi connectivity index (χ1v) is 11.0. The van der Waals surface area contributed by atoms with Crippen LogP contribution in [0.1, 0.15) is 30.2 Å². The Labute approximate surface area is 192 Å². The number of benzene rings is 3. The van der Waals surface area contributed by atoms with Crippen LogP contribution >= 0.6 is 0 Å². The van der Waals surface area contributed by atoms with E-state index in [0.717, 1.165) is 28.2 Å². The standard InChI is InChI=1S/C27H26FN3O2/c1-3-24-22(16-17-26(32)29-20-11-9-10-19(2)18-20)27(33-25-15-8-7-14-23(25)28)31(30-24)21-12-5-4-6-13-21/h4-15,18H,3,16-17H2,1-2H3,(H,29,32). The second kappa shape index (κ2) is 10.1. The summed E-state index contributed by atoms with van der Waals surface area (Å²) in [5.41, 5.74) is 4.25. The molecule has 3 aromatic carbocycles. The zero-order valence-corrected chi connectivity index (χ0v) is 18.7. The van der Waals surface area contributed by atoms with Crippen LogP contribution in [-0.2, 0) is 17.6 Å². The molecule has 1 aromatic heterocycles. The minimum atomic E-state index is -0.459. The molecule has 1 heterocycles. The van der Waals surface area contributed by atoms with Crippen LogP contribution in [0.25, 0.3) is 5.69 Å². The minimum Gasteiger partial charge on any atom is -0.436 e. The summed E-state index contributed by atoms with van der Waals surface area (Å²) in [5, 5.41) is 7.68. The molecule has 0 spiro atoms. The Kier molecular flexibility index (Phi) is 6.83. The first kappa shape index (κ1) is 22.3. The third kappa shape index (κ3) is 5.29. The van der Waals surface area contributed by atoms with E-state index in [9.17, 15) is 9.18 Å². The molecule has 0 aliphatic carbocycles. The zero-order valence-electron chi connectivity index (χ0n) is 18.7. The maximum Gasteiger partial charge on any atom is 0.226 e. The lowest BCUT2D eigenvalue weighted by Gasteiger charge is -2.12. The number of hydrogen-bond donors (Lipinski definition) is 1. The van der Waals surface area contributed by atoms with Gasteiger partial charge in [0.1, 0.15) is 0 Å². The fraction of sp³-hybridized carbons (Fsp3) is 0.185. The second-order valence-electron chi connectivity index (χ2n) is 7.78. The van der Waals surface area contributed by atoms with Crippen LogP contribution in [0.4, 0.5) is 10.1 Å². The van der Waals surface area contributed by atoms with Gasteiger partial charge in [0.15, 0.2) is 11.6 Å². The molecule has 4 aromatic rings. The van der Waals surface area contributed by atoms with Gasteiger partial charge in [0.2, 0.25) is 11.8 Å². The van der Waals surface area contributed by atoms with Crippen LogP contribution in [0.3, 0.4) is 0 Å². The summed E-state index contributed by atoms with van der Waals surface area (Å²) in [6, 6.07) is 23.5. The van der Waals surface area contributed by atoms with Gasteiger partial charge in [-0.25, -0.2) is 9.07 Å². The summed E-state index contributed by atoms with van der Waals surface area (Å²) >= 11 is 0. The van der Waals surface area contributed by atoms with Crippen LogP contribution in [0.2, 0.25) is 0 Å². The topological polar surface area (TPSA) is 56.2 Å². The molecule has 5 nitrogen and oxygen atoms in total. The van der Waals surface area contributed by atoms with Crippen LogP contribution < -0.4 is 10.1 Å². The average molecular weight is 444 g/mol. The van der Waals surface area contributed by atoms with E-state index in [1.54, 1.807) is 22.9 Å². The summed E-state index contributed by atoms with van der Waals surface area (Å²) in [6.45, 7) is 3.98. The number of aryl methyl sites for hydroxylation is 2. The lowest BCUT2D eigenvalue weighted by Crippen LogP contribution is -2.13. The van der Waals surface area contributed by atoms with Crippen molar-refractivity contribution in [2.45, 2.75) is 33.1 Å². The van der Waals surface area contributed by atoms with E-state index >= 15 is 0 Å². The molecule has 0 fully saturated rings. The van der Waals surface area contributed by atoms with Crippen molar-refractivity contribution in [3.63, 3.8) is 0 Å². The number of ether oxygens (including phenoxy) is 1. The summed E-state index contributed by atoms with van der Waals surface area (Å²) in [7, 11) is 0.